The van der Waals surface area contributed by atoms with E-state index in [4.69, 9.17) is 37.1 Å². The van der Waals surface area contributed by atoms with E-state index in [2.05, 4.69) is 15.6 Å². The largest absolute Gasteiger partial charge is 0.493 e. The van der Waals surface area contributed by atoms with Gasteiger partial charge in [0.25, 0.3) is 5.91 Å². The number of halogens is 2. The zero-order valence-corrected chi connectivity index (χ0v) is 20.2. The van der Waals surface area contributed by atoms with Crippen molar-refractivity contribution in [1.82, 2.24) is 4.98 Å². The second kappa shape index (κ2) is 9.77. The van der Waals surface area contributed by atoms with Crippen molar-refractivity contribution in [3.8, 4) is 11.5 Å². The molecule has 0 radical (unpaired) electrons. The van der Waals surface area contributed by atoms with Crippen molar-refractivity contribution in [3.05, 3.63) is 88.7 Å². The summed E-state index contributed by atoms with van der Waals surface area (Å²) in [6.45, 7) is 0. The first-order chi connectivity index (χ1) is 17.4. The second-order valence-electron chi connectivity index (χ2n) is 7.59. The Morgan fingerprint density at radius 1 is 0.944 bits per heavy atom. The number of anilines is 2. The van der Waals surface area contributed by atoms with Crippen LogP contribution in [0.1, 0.15) is 10.4 Å². The normalized spacial score (nSPS) is 10.9. The average Bonchev–Trinajstić information content (AvgIpc) is 3.25. The van der Waals surface area contributed by atoms with Crippen LogP contribution in [-0.2, 0) is 0 Å². The van der Waals surface area contributed by atoms with Crippen LogP contribution in [-0.4, -0.2) is 24.1 Å². The highest BCUT2D eigenvalue weighted by atomic mass is 35.5. The van der Waals surface area contributed by atoms with Gasteiger partial charge in [0.15, 0.2) is 11.3 Å². The predicted octanol–water partition coefficient (Wildman–Crippen LogP) is 7.16. The molecule has 2 aromatic heterocycles. The minimum atomic E-state index is -0.661. The molecule has 180 valence electrons. The van der Waals surface area contributed by atoms with Crippen molar-refractivity contribution in [2.45, 2.75) is 0 Å². The highest BCUT2D eigenvalue weighted by Crippen LogP contribution is 2.39. The third-order valence-electron chi connectivity index (χ3n) is 5.34. The Morgan fingerprint density at radius 3 is 2.42 bits per heavy atom. The number of rotatable bonds is 5. The van der Waals surface area contributed by atoms with Crippen LogP contribution < -0.4 is 20.1 Å². The van der Waals surface area contributed by atoms with Crippen LogP contribution in [0.15, 0.2) is 77.5 Å². The average molecular weight is 522 g/mol. The highest BCUT2D eigenvalue weighted by Gasteiger charge is 2.22. The molecule has 0 saturated carbocycles. The fourth-order valence-electron chi connectivity index (χ4n) is 3.73. The number of hydrogen-bond acceptors (Lipinski definition) is 6. The van der Waals surface area contributed by atoms with E-state index in [1.54, 1.807) is 54.6 Å². The summed E-state index contributed by atoms with van der Waals surface area (Å²) in [4.78, 5) is 29.6. The van der Waals surface area contributed by atoms with E-state index in [0.717, 1.165) is 0 Å². The van der Waals surface area contributed by atoms with Crippen LogP contribution in [0.25, 0.3) is 21.9 Å². The molecule has 36 heavy (non-hydrogen) atoms. The van der Waals surface area contributed by atoms with Gasteiger partial charge in [0, 0.05) is 28.9 Å². The smallest absolute Gasteiger partial charge is 0.417 e. The number of amides is 2. The van der Waals surface area contributed by atoms with Gasteiger partial charge in [0.05, 0.1) is 28.4 Å². The second-order valence-corrected chi connectivity index (χ2v) is 8.41. The molecule has 3 aromatic carbocycles. The van der Waals surface area contributed by atoms with Gasteiger partial charge in [0.2, 0.25) is 0 Å². The van der Waals surface area contributed by atoms with E-state index in [-0.39, 0.29) is 21.3 Å². The number of pyridine rings is 1. The van der Waals surface area contributed by atoms with Gasteiger partial charge in [-0.3, -0.25) is 15.1 Å². The summed E-state index contributed by atoms with van der Waals surface area (Å²) in [6, 6.07) is 17.0. The van der Waals surface area contributed by atoms with Crippen LogP contribution in [0.4, 0.5) is 16.2 Å². The Bertz CT molecular complexity index is 1600. The van der Waals surface area contributed by atoms with Gasteiger partial charge in [-0.15, -0.1) is 0 Å². The van der Waals surface area contributed by atoms with Crippen molar-refractivity contribution in [3.63, 3.8) is 0 Å². The van der Waals surface area contributed by atoms with E-state index in [1.807, 2.05) is 6.07 Å². The van der Waals surface area contributed by atoms with E-state index >= 15 is 0 Å². The Hall–Kier alpha value is -4.27. The number of nitrogens with one attached hydrogen (secondary N) is 2. The van der Waals surface area contributed by atoms with Gasteiger partial charge >= 0.3 is 6.09 Å². The van der Waals surface area contributed by atoms with Crippen molar-refractivity contribution < 1.29 is 23.5 Å². The molecule has 2 amide bonds. The first-order valence-corrected chi connectivity index (χ1v) is 11.4. The molecular formula is C26H17Cl2N3O5. The summed E-state index contributed by atoms with van der Waals surface area (Å²) in [6.07, 6.45) is 2.10. The molecule has 0 saturated heterocycles. The number of carbonyl (C=O) groups is 2. The van der Waals surface area contributed by atoms with Gasteiger partial charge in [-0.1, -0.05) is 41.4 Å². The van der Waals surface area contributed by atoms with E-state index in [0.29, 0.717) is 39.1 Å². The monoisotopic (exact) mass is 521 g/mol. The number of hydrogen-bond donors (Lipinski definition) is 2. The van der Waals surface area contributed by atoms with Crippen LogP contribution in [0.3, 0.4) is 0 Å². The number of ether oxygens (including phenoxy) is 2. The van der Waals surface area contributed by atoms with Crippen molar-refractivity contribution >= 4 is 68.5 Å². The molecule has 2 heterocycles. The fourth-order valence-corrected chi connectivity index (χ4v) is 4.19. The van der Waals surface area contributed by atoms with Crippen LogP contribution >= 0.6 is 23.2 Å². The van der Waals surface area contributed by atoms with Gasteiger partial charge in [-0.2, -0.15) is 0 Å². The van der Waals surface area contributed by atoms with Gasteiger partial charge in [0.1, 0.15) is 11.3 Å². The molecule has 2 N–H and O–H groups in total. The molecule has 5 aromatic rings. The quantitative estimate of drug-likeness (QED) is 0.254. The maximum Gasteiger partial charge on any atom is 0.417 e. The lowest BCUT2D eigenvalue weighted by atomic mass is 10.0. The molecule has 8 nitrogen and oxygen atoms in total. The highest BCUT2D eigenvalue weighted by molar-refractivity contribution is 6.40. The van der Waals surface area contributed by atoms with Crippen molar-refractivity contribution in [2.24, 2.45) is 0 Å². The van der Waals surface area contributed by atoms with Crippen molar-refractivity contribution in [2.75, 3.05) is 17.7 Å². The standard InChI is InChI=1S/C26H17Cl2N3O5/c1-34-21-10-8-16(25(32)31-23-18(27)12-29-13-19(23)28)22-17-11-14(7-9-20(17)36-24(21)22)30-26(33)35-15-5-3-2-4-6-15/h2-13H,1H3,(H,30,33)(H,29,31,32). The predicted molar refractivity (Wildman–Crippen MR) is 139 cm³/mol. The zero-order chi connectivity index (χ0) is 25.2. The summed E-state index contributed by atoms with van der Waals surface area (Å²) in [7, 11) is 1.50. The number of furan rings is 1. The van der Waals surface area contributed by atoms with E-state index in [1.165, 1.54) is 19.5 Å². The molecule has 0 aliphatic carbocycles. The molecule has 0 bridgehead atoms. The van der Waals surface area contributed by atoms with E-state index in [9.17, 15) is 9.59 Å². The molecule has 5 rings (SSSR count). The maximum atomic E-state index is 13.3. The zero-order valence-electron chi connectivity index (χ0n) is 18.7. The Balaban J connectivity index is 1.54. The lowest BCUT2D eigenvalue weighted by Gasteiger charge is -2.10. The molecule has 0 spiro atoms. The van der Waals surface area contributed by atoms with Gasteiger partial charge in [-0.25, -0.2) is 4.79 Å². The number of fused-ring (bicyclic) bond motifs is 3. The van der Waals surface area contributed by atoms with Crippen molar-refractivity contribution in [1.29, 1.82) is 0 Å². The number of benzene rings is 3. The minimum absolute atomic E-state index is 0.195. The SMILES string of the molecule is COc1ccc(C(=O)Nc2c(Cl)cncc2Cl)c2c1oc1ccc(NC(=O)Oc3ccccc3)cc12. The lowest BCUT2D eigenvalue weighted by Crippen LogP contribution is -2.16. The Kier molecular flexibility index (Phi) is 6.37. The topological polar surface area (TPSA) is 103 Å². The first-order valence-electron chi connectivity index (χ1n) is 10.6. The molecule has 0 unspecified atom stereocenters. The molecular weight excluding hydrogens is 505 g/mol. The molecule has 10 heteroatoms. The molecule has 0 atom stereocenters. The Labute approximate surface area is 214 Å². The number of para-hydroxylation sites is 1. The first kappa shape index (κ1) is 23.5. The van der Waals surface area contributed by atoms with Gasteiger partial charge < -0.3 is 19.2 Å². The summed E-state index contributed by atoms with van der Waals surface area (Å²) in [5, 5.41) is 6.89. The van der Waals surface area contributed by atoms with Crippen LogP contribution in [0.5, 0.6) is 11.5 Å². The summed E-state index contributed by atoms with van der Waals surface area (Å²) < 4.78 is 16.8. The number of carbonyl (C=O) groups excluding carboxylic acids is 2. The molecule has 0 aliphatic rings. The molecule has 0 aliphatic heterocycles. The third kappa shape index (κ3) is 4.51. The Morgan fingerprint density at radius 2 is 1.69 bits per heavy atom. The van der Waals surface area contributed by atoms with Gasteiger partial charge in [-0.05, 0) is 42.5 Å². The lowest BCUT2D eigenvalue weighted by molar-refractivity contribution is 0.102. The number of aromatic nitrogens is 1. The maximum absolute atomic E-state index is 13.3. The summed E-state index contributed by atoms with van der Waals surface area (Å²) in [5.74, 6) is 0.375. The summed E-state index contributed by atoms with van der Waals surface area (Å²) in [5.41, 5.74) is 1.83. The van der Waals surface area contributed by atoms with E-state index < -0.39 is 12.0 Å². The third-order valence-corrected chi connectivity index (χ3v) is 5.91. The molecule has 0 fully saturated rings. The van der Waals surface area contributed by atoms with Crippen LogP contribution in [0.2, 0.25) is 10.0 Å². The number of nitrogens with zero attached hydrogens (tertiary/aromatic N) is 1. The number of methoxy groups -OCH3 is 1. The van der Waals surface area contributed by atoms with Crippen LogP contribution in [0, 0.1) is 0 Å². The fraction of sp³-hybridized carbons (Fsp3) is 0.0385. The summed E-state index contributed by atoms with van der Waals surface area (Å²) >= 11 is 12.4. The minimum Gasteiger partial charge on any atom is -0.493 e.